The quantitative estimate of drug-likeness (QED) is 0.321. The first-order valence-corrected chi connectivity index (χ1v) is 7.62. The van der Waals surface area contributed by atoms with Crippen LogP contribution < -0.4 is 34.9 Å². The topological polar surface area (TPSA) is 122 Å². The van der Waals surface area contributed by atoms with E-state index in [0.29, 0.717) is 0 Å². The van der Waals surface area contributed by atoms with Gasteiger partial charge in [0.25, 0.3) is 0 Å². The van der Waals surface area contributed by atoms with Gasteiger partial charge in [-0.2, -0.15) is 0 Å². The molecule has 0 aromatic heterocycles. The van der Waals surface area contributed by atoms with Crippen molar-refractivity contribution in [2.45, 2.75) is 45.8 Å². The average Bonchev–Trinajstić information content (AvgIpc) is 2.20. The molecule has 21 heavy (non-hydrogen) atoms. The second kappa shape index (κ2) is 9.62. The third-order valence-corrected chi connectivity index (χ3v) is 2.65. The van der Waals surface area contributed by atoms with E-state index in [9.17, 15) is 22.6 Å². The van der Waals surface area contributed by atoms with Crippen LogP contribution in [0.3, 0.4) is 0 Å². The van der Waals surface area contributed by atoms with E-state index in [1.165, 1.54) is 0 Å². The standard InChI is InChI=1S/C11H21NO7S.Na/c1-5-18-9(13)8(6-7-20(15,16)17)12-10(14)19-11(2,3)4;/h8H,5-7H2,1-4H3,(H,12,14)(H,15,16,17);/q;+1/p-1. The molecule has 0 spiro atoms. The Morgan fingerprint density at radius 1 is 1.29 bits per heavy atom. The zero-order valence-electron chi connectivity index (χ0n) is 13.0. The van der Waals surface area contributed by atoms with Gasteiger partial charge in [0, 0.05) is 5.75 Å². The smallest absolute Gasteiger partial charge is 0.748 e. The number of ether oxygens (including phenoxy) is 2. The minimum atomic E-state index is -4.49. The van der Waals surface area contributed by atoms with Crippen molar-refractivity contribution in [3.63, 3.8) is 0 Å². The minimum absolute atomic E-state index is 0. The van der Waals surface area contributed by atoms with Gasteiger partial charge >= 0.3 is 41.6 Å². The van der Waals surface area contributed by atoms with Crippen LogP contribution in [0.2, 0.25) is 0 Å². The third-order valence-electron chi connectivity index (χ3n) is 1.92. The number of carbonyl (C=O) groups is 2. The number of hydrogen-bond acceptors (Lipinski definition) is 7. The number of amides is 1. The van der Waals surface area contributed by atoms with Crippen molar-refractivity contribution in [2.24, 2.45) is 0 Å². The Morgan fingerprint density at radius 3 is 2.19 bits per heavy atom. The molecule has 1 unspecified atom stereocenters. The Labute approximate surface area is 147 Å². The van der Waals surface area contributed by atoms with E-state index in [1.807, 2.05) is 0 Å². The molecule has 0 aliphatic rings. The molecule has 0 aliphatic heterocycles. The van der Waals surface area contributed by atoms with Crippen LogP contribution in [0.5, 0.6) is 0 Å². The molecule has 118 valence electrons. The fourth-order valence-electron chi connectivity index (χ4n) is 1.20. The predicted molar refractivity (Wildman–Crippen MR) is 69.0 cm³/mol. The monoisotopic (exact) mass is 333 g/mol. The van der Waals surface area contributed by atoms with Gasteiger partial charge in [-0.15, -0.1) is 0 Å². The van der Waals surface area contributed by atoms with E-state index >= 15 is 0 Å². The molecule has 1 atom stereocenters. The van der Waals surface area contributed by atoms with Crippen molar-refractivity contribution < 1.29 is 61.6 Å². The van der Waals surface area contributed by atoms with Gasteiger partial charge in [-0.1, -0.05) is 0 Å². The molecule has 0 saturated heterocycles. The van der Waals surface area contributed by atoms with Crippen LogP contribution in [0, 0.1) is 0 Å². The Bertz CT molecular complexity index is 444. The van der Waals surface area contributed by atoms with E-state index in [-0.39, 0.29) is 42.6 Å². The molecule has 0 aromatic rings. The zero-order chi connectivity index (χ0) is 16.0. The zero-order valence-corrected chi connectivity index (χ0v) is 15.8. The molecule has 0 radical (unpaired) electrons. The van der Waals surface area contributed by atoms with Gasteiger partial charge in [-0.3, -0.25) is 0 Å². The molecule has 0 aromatic carbocycles. The van der Waals surface area contributed by atoms with E-state index in [2.05, 4.69) is 5.32 Å². The molecule has 0 heterocycles. The summed E-state index contributed by atoms with van der Waals surface area (Å²) in [6.45, 7) is 6.53. The van der Waals surface area contributed by atoms with Gasteiger partial charge in [-0.05, 0) is 34.1 Å². The predicted octanol–water partition coefficient (Wildman–Crippen LogP) is -2.62. The second-order valence-corrected chi connectivity index (χ2v) is 6.52. The number of carbonyl (C=O) groups excluding carboxylic acids is 2. The number of rotatable bonds is 6. The molecule has 10 heteroatoms. The number of nitrogens with one attached hydrogen (secondary N) is 1. The summed E-state index contributed by atoms with van der Waals surface area (Å²) in [5, 5.41) is 2.19. The molecule has 0 fully saturated rings. The molecule has 0 aliphatic carbocycles. The maximum Gasteiger partial charge on any atom is 1.00 e. The fourth-order valence-corrected chi connectivity index (χ4v) is 1.73. The molecular formula is C11H20NNaO7S. The molecule has 0 bridgehead atoms. The Balaban J connectivity index is 0. The van der Waals surface area contributed by atoms with Crippen LogP contribution in [0.15, 0.2) is 0 Å². The van der Waals surface area contributed by atoms with Crippen molar-refractivity contribution in [3.05, 3.63) is 0 Å². The molecule has 1 N–H and O–H groups in total. The van der Waals surface area contributed by atoms with Crippen molar-refractivity contribution in [1.82, 2.24) is 5.32 Å². The summed E-state index contributed by atoms with van der Waals surface area (Å²) in [6, 6.07) is -1.24. The van der Waals surface area contributed by atoms with E-state index < -0.39 is 39.6 Å². The van der Waals surface area contributed by atoms with Crippen molar-refractivity contribution in [2.75, 3.05) is 12.4 Å². The fraction of sp³-hybridized carbons (Fsp3) is 0.818. The van der Waals surface area contributed by atoms with E-state index in [1.54, 1.807) is 27.7 Å². The van der Waals surface area contributed by atoms with Gasteiger partial charge in [0.2, 0.25) is 0 Å². The summed E-state index contributed by atoms with van der Waals surface area (Å²) in [5.41, 5.74) is -0.770. The Kier molecular flexibility index (Phi) is 10.5. The van der Waals surface area contributed by atoms with Crippen LogP contribution in [-0.4, -0.2) is 49.0 Å². The third kappa shape index (κ3) is 13.1. The van der Waals surface area contributed by atoms with Crippen molar-refractivity contribution in [3.8, 4) is 0 Å². The number of esters is 1. The van der Waals surface area contributed by atoms with Gasteiger partial charge in [-0.25, -0.2) is 18.0 Å². The SMILES string of the molecule is CCOC(=O)C(CCS(=O)(=O)[O-])NC(=O)OC(C)(C)C.[Na+]. The van der Waals surface area contributed by atoms with Crippen LogP contribution in [0.25, 0.3) is 0 Å². The van der Waals surface area contributed by atoms with Gasteiger partial charge in [0.15, 0.2) is 0 Å². The summed E-state index contributed by atoms with van der Waals surface area (Å²) in [7, 11) is -4.49. The molecule has 1 amide bonds. The average molecular weight is 333 g/mol. The molecule has 0 rings (SSSR count). The van der Waals surface area contributed by atoms with Crippen LogP contribution >= 0.6 is 0 Å². The Morgan fingerprint density at radius 2 is 1.81 bits per heavy atom. The first-order valence-electron chi connectivity index (χ1n) is 6.04. The summed E-state index contributed by atoms with van der Waals surface area (Å²) in [5.74, 6) is -1.60. The van der Waals surface area contributed by atoms with Crippen molar-refractivity contribution >= 4 is 22.2 Å². The minimum Gasteiger partial charge on any atom is -0.748 e. The molecule has 0 saturated carbocycles. The number of hydrogen-bond donors (Lipinski definition) is 1. The van der Waals surface area contributed by atoms with E-state index in [0.717, 1.165) is 0 Å². The summed E-state index contributed by atoms with van der Waals surface area (Å²) >= 11 is 0. The van der Waals surface area contributed by atoms with Crippen molar-refractivity contribution in [1.29, 1.82) is 0 Å². The summed E-state index contributed by atoms with van der Waals surface area (Å²) < 4.78 is 41.4. The second-order valence-electron chi connectivity index (χ2n) is 5.00. The normalized spacial score (nSPS) is 12.8. The summed E-state index contributed by atoms with van der Waals surface area (Å²) in [4.78, 5) is 23.1. The van der Waals surface area contributed by atoms with Gasteiger partial charge in [0.1, 0.15) is 11.6 Å². The van der Waals surface area contributed by atoms with Gasteiger partial charge < -0.3 is 19.3 Å². The summed E-state index contributed by atoms with van der Waals surface area (Å²) in [6.07, 6.45) is -1.26. The van der Waals surface area contributed by atoms with E-state index in [4.69, 9.17) is 9.47 Å². The molecule has 8 nitrogen and oxygen atoms in total. The molecular weight excluding hydrogens is 313 g/mol. The van der Waals surface area contributed by atoms with Gasteiger partial charge in [0.05, 0.1) is 16.7 Å². The maximum atomic E-state index is 11.6. The maximum absolute atomic E-state index is 11.6. The Hall–Kier alpha value is -0.350. The van der Waals surface area contributed by atoms with Crippen LogP contribution in [-0.2, 0) is 24.4 Å². The van der Waals surface area contributed by atoms with Crippen LogP contribution in [0.4, 0.5) is 4.79 Å². The first kappa shape index (κ1) is 22.9. The first-order chi connectivity index (χ1) is 8.94. The number of alkyl carbamates (subject to hydrolysis) is 1. The largest absolute Gasteiger partial charge is 1.00 e. The van der Waals surface area contributed by atoms with Crippen LogP contribution in [0.1, 0.15) is 34.1 Å².